The highest BCUT2D eigenvalue weighted by Gasteiger charge is 2.11. The largest absolute Gasteiger partial charge is 0.382 e. The molecular weight excluding hydrogens is 250 g/mol. The molecule has 0 atom stereocenters. The van der Waals surface area contributed by atoms with Crippen molar-refractivity contribution in [3.63, 3.8) is 0 Å². The predicted molar refractivity (Wildman–Crippen MR) is 71.3 cm³/mol. The van der Waals surface area contributed by atoms with E-state index >= 15 is 0 Å². The smallest absolute Gasteiger partial charge is 0.183 e. The summed E-state index contributed by atoms with van der Waals surface area (Å²) in [6.07, 6.45) is 1.40. The van der Waals surface area contributed by atoms with Crippen molar-refractivity contribution in [3.05, 3.63) is 35.1 Å². The summed E-state index contributed by atoms with van der Waals surface area (Å²) in [5, 5.41) is 0.701. The molecule has 90 valence electrons. The maximum Gasteiger partial charge on any atom is 0.183 e. The molecule has 0 saturated heterocycles. The number of imidazole rings is 1. The fraction of sp³-hybridized carbons (Fsp3) is 0.0833. The molecule has 0 aliphatic heterocycles. The minimum absolute atomic E-state index is 0.387. The minimum atomic E-state index is 0.387. The van der Waals surface area contributed by atoms with Crippen LogP contribution in [0.5, 0.6) is 0 Å². The molecule has 3 N–H and O–H groups in total. The summed E-state index contributed by atoms with van der Waals surface area (Å²) in [4.78, 5) is 15.5. The van der Waals surface area contributed by atoms with Gasteiger partial charge in [-0.1, -0.05) is 23.7 Å². The third kappa shape index (κ3) is 1.60. The molecule has 3 aromatic rings. The van der Waals surface area contributed by atoms with Crippen molar-refractivity contribution in [2.45, 2.75) is 6.92 Å². The van der Waals surface area contributed by atoms with Gasteiger partial charge in [0, 0.05) is 10.6 Å². The number of nitrogens with one attached hydrogen (secondary N) is 1. The zero-order valence-corrected chi connectivity index (χ0v) is 10.4. The van der Waals surface area contributed by atoms with Gasteiger partial charge in [0.2, 0.25) is 0 Å². The van der Waals surface area contributed by atoms with E-state index in [-0.39, 0.29) is 0 Å². The van der Waals surface area contributed by atoms with Gasteiger partial charge in [0.05, 0.1) is 0 Å². The number of halogens is 1. The highest BCUT2D eigenvalue weighted by Crippen LogP contribution is 2.28. The van der Waals surface area contributed by atoms with Crippen LogP contribution in [0.3, 0.4) is 0 Å². The highest BCUT2D eigenvalue weighted by atomic mass is 35.5. The molecule has 1 aromatic carbocycles. The Morgan fingerprint density at radius 2 is 2.11 bits per heavy atom. The number of hydrogen-bond acceptors (Lipinski definition) is 4. The number of rotatable bonds is 1. The third-order valence-electron chi connectivity index (χ3n) is 2.84. The summed E-state index contributed by atoms with van der Waals surface area (Å²) in [5.74, 6) is 1.08. The molecule has 2 heterocycles. The van der Waals surface area contributed by atoms with Gasteiger partial charge in [-0.25, -0.2) is 15.0 Å². The molecule has 5 nitrogen and oxygen atoms in total. The molecule has 0 aliphatic rings. The second-order valence-electron chi connectivity index (χ2n) is 3.96. The Morgan fingerprint density at radius 3 is 2.89 bits per heavy atom. The van der Waals surface area contributed by atoms with Crippen molar-refractivity contribution in [2.24, 2.45) is 0 Å². The summed E-state index contributed by atoms with van der Waals surface area (Å²) in [5.41, 5.74) is 8.86. The van der Waals surface area contributed by atoms with E-state index < -0.39 is 0 Å². The van der Waals surface area contributed by atoms with E-state index in [4.69, 9.17) is 17.3 Å². The minimum Gasteiger partial charge on any atom is -0.382 e. The first-order valence-electron chi connectivity index (χ1n) is 5.38. The van der Waals surface area contributed by atoms with Crippen LogP contribution in [0, 0.1) is 6.92 Å². The lowest BCUT2D eigenvalue weighted by atomic mass is 10.1. The van der Waals surface area contributed by atoms with Gasteiger partial charge in [-0.3, -0.25) is 0 Å². The zero-order valence-electron chi connectivity index (χ0n) is 9.61. The maximum atomic E-state index is 6.10. The van der Waals surface area contributed by atoms with Gasteiger partial charge in [0.25, 0.3) is 0 Å². The van der Waals surface area contributed by atoms with Crippen LogP contribution in [0.2, 0.25) is 5.02 Å². The third-order valence-corrected chi connectivity index (χ3v) is 3.25. The van der Waals surface area contributed by atoms with Crippen molar-refractivity contribution in [1.82, 2.24) is 19.9 Å². The first-order chi connectivity index (χ1) is 8.66. The second-order valence-corrected chi connectivity index (χ2v) is 4.36. The van der Waals surface area contributed by atoms with Crippen LogP contribution >= 0.6 is 11.6 Å². The van der Waals surface area contributed by atoms with Crippen LogP contribution in [-0.2, 0) is 0 Å². The van der Waals surface area contributed by atoms with E-state index in [1.807, 2.05) is 25.1 Å². The van der Waals surface area contributed by atoms with Crippen LogP contribution in [0.4, 0.5) is 5.82 Å². The van der Waals surface area contributed by atoms with E-state index in [0.717, 1.165) is 11.1 Å². The molecular formula is C12H10ClN5. The van der Waals surface area contributed by atoms with E-state index in [1.54, 1.807) is 0 Å². The number of nitrogens with two attached hydrogens (primary N) is 1. The Morgan fingerprint density at radius 1 is 1.28 bits per heavy atom. The molecule has 6 heteroatoms. The van der Waals surface area contributed by atoms with E-state index in [1.165, 1.54) is 6.33 Å². The van der Waals surface area contributed by atoms with E-state index in [2.05, 4.69) is 19.9 Å². The number of benzene rings is 1. The van der Waals surface area contributed by atoms with Crippen molar-refractivity contribution < 1.29 is 0 Å². The number of nitrogen functional groups attached to an aromatic ring is 1. The van der Waals surface area contributed by atoms with Crippen LogP contribution in [0.1, 0.15) is 5.56 Å². The molecule has 0 fully saturated rings. The molecule has 0 saturated carbocycles. The first kappa shape index (κ1) is 11.0. The Hall–Kier alpha value is -2.14. The van der Waals surface area contributed by atoms with Gasteiger partial charge in [-0.05, 0) is 18.6 Å². The Bertz CT molecular complexity index is 734. The fourth-order valence-electron chi connectivity index (χ4n) is 1.84. The number of aromatic nitrogens is 4. The summed E-state index contributed by atoms with van der Waals surface area (Å²) in [7, 11) is 0. The van der Waals surface area contributed by atoms with Crippen LogP contribution in [0.15, 0.2) is 24.5 Å². The molecule has 3 rings (SSSR count). The van der Waals surface area contributed by atoms with Crippen molar-refractivity contribution >= 4 is 28.6 Å². The van der Waals surface area contributed by atoms with Gasteiger partial charge >= 0.3 is 0 Å². The lowest BCUT2D eigenvalue weighted by Crippen LogP contribution is -1.91. The normalized spacial score (nSPS) is 11.0. The quantitative estimate of drug-likeness (QED) is 0.704. The highest BCUT2D eigenvalue weighted by molar-refractivity contribution is 6.31. The second kappa shape index (κ2) is 3.96. The average Bonchev–Trinajstić information content (AvgIpc) is 2.78. The van der Waals surface area contributed by atoms with Gasteiger partial charge in [0.1, 0.15) is 17.7 Å². The number of nitrogens with zero attached hydrogens (tertiary/aromatic N) is 3. The molecule has 0 unspecified atom stereocenters. The predicted octanol–water partition coefficient (Wildman–Crippen LogP) is 2.56. The summed E-state index contributed by atoms with van der Waals surface area (Å²) in [6, 6.07) is 5.67. The topological polar surface area (TPSA) is 80.5 Å². The Kier molecular flexibility index (Phi) is 2.41. The molecule has 0 spiro atoms. The van der Waals surface area contributed by atoms with Gasteiger partial charge in [0.15, 0.2) is 11.5 Å². The zero-order chi connectivity index (χ0) is 12.7. The Labute approximate surface area is 108 Å². The number of hydrogen-bond donors (Lipinski definition) is 2. The lowest BCUT2D eigenvalue weighted by Gasteiger charge is -2.03. The van der Waals surface area contributed by atoms with Crippen LogP contribution in [-0.4, -0.2) is 19.9 Å². The summed E-state index contributed by atoms with van der Waals surface area (Å²) in [6.45, 7) is 1.94. The van der Waals surface area contributed by atoms with Crippen molar-refractivity contribution in [3.8, 4) is 11.4 Å². The van der Waals surface area contributed by atoms with Gasteiger partial charge in [-0.2, -0.15) is 0 Å². The maximum absolute atomic E-state index is 6.10. The standard InChI is InChI=1S/C12H10ClN5/c1-6-7(3-2-4-8(6)13)11-17-9-10(14)15-5-16-12(9)18-11/h2-5H,1H3,(H3,14,15,16,17,18). The first-order valence-corrected chi connectivity index (χ1v) is 5.76. The Balaban J connectivity index is 2.26. The lowest BCUT2D eigenvalue weighted by molar-refractivity contribution is 1.21. The number of aromatic amines is 1. The molecule has 18 heavy (non-hydrogen) atoms. The van der Waals surface area contributed by atoms with Crippen molar-refractivity contribution in [2.75, 3.05) is 5.73 Å². The number of anilines is 1. The molecule has 0 bridgehead atoms. The number of fused-ring (bicyclic) bond motifs is 1. The SMILES string of the molecule is Cc1c(Cl)cccc1-c1nc2ncnc(N)c2[nH]1. The van der Waals surface area contributed by atoms with Gasteiger partial charge < -0.3 is 10.7 Å². The van der Waals surface area contributed by atoms with Crippen LogP contribution in [0.25, 0.3) is 22.6 Å². The monoisotopic (exact) mass is 259 g/mol. The van der Waals surface area contributed by atoms with E-state index in [0.29, 0.717) is 27.8 Å². The van der Waals surface area contributed by atoms with Gasteiger partial charge in [-0.15, -0.1) is 0 Å². The molecule has 0 amide bonds. The summed E-state index contributed by atoms with van der Waals surface area (Å²) >= 11 is 6.10. The number of H-pyrrole nitrogens is 1. The molecule has 2 aromatic heterocycles. The van der Waals surface area contributed by atoms with Crippen LogP contribution < -0.4 is 5.73 Å². The van der Waals surface area contributed by atoms with E-state index in [9.17, 15) is 0 Å². The van der Waals surface area contributed by atoms with Crippen molar-refractivity contribution in [1.29, 1.82) is 0 Å². The molecule has 0 aliphatic carbocycles. The summed E-state index contributed by atoms with van der Waals surface area (Å²) < 4.78 is 0. The molecule has 0 radical (unpaired) electrons. The fourth-order valence-corrected chi connectivity index (χ4v) is 2.01. The average molecular weight is 260 g/mol.